The van der Waals surface area contributed by atoms with Gasteiger partial charge >= 0.3 is 0 Å². The third-order valence-electron chi connectivity index (χ3n) is 3.95. The average Bonchev–Trinajstić information content (AvgIpc) is 2.57. The van der Waals surface area contributed by atoms with Gasteiger partial charge in [-0.1, -0.05) is 48.0 Å². The van der Waals surface area contributed by atoms with E-state index in [-0.39, 0.29) is 0 Å². The first-order chi connectivity index (χ1) is 11.1. The second kappa shape index (κ2) is 6.43. The number of rotatable bonds is 3. The highest BCUT2D eigenvalue weighted by Gasteiger charge is 2.07. The Morgan fingerprint density at radius 3 is 2.35 bits per heavy atom. The van der Waals surface area contributed by atoms with Crippen LogP contribution in [0, 0.1) is 6.92 Å². The smallest absolute Gasteiger partial charge is 0.0826 e. The lowest BCUT2D eigenvalue weighted by atomic mass is 10.1. The second-order valence-electron chi connectivity index (χ2n) is 5.77. The number of fused-ring (bicyclic) bond motifs is 1. The molecule has 0 amide bonds. The van der Waals surface area contributed by atoms with Crippen LogP contribution in [0.5, 0.6) is 0 Å². The fourth-order valence-corrected chi connectivity index (χ4v) is 2.75. The van der Waals surface area contributed by atoms with Gasteiger partial charge in [-0.25, -0.2) is 4.98 Å². The molecule has 0 radical (unpaired) electrons. The Hall–Kier alpha value is -2.32. The molecule has 1 aromatic heterocycles. The summed E-state index contributed by atoms with van der Waals surface area (Å²) in [5.41, 5.74) is 5.15. The summed E-state index contributed by atoms with van der Waals surface area (Å²) in [6, 6.07) is 16.5. The molecule has 0 aliphatic heterocycles. The highest BCUT2D eigenvalue weighted by molar-refractivity contribution is 6.33. The van der Waals surface area contributed by atoms with Gasteiger partial charge in [0.2, 0.25) is 0 Å². The van der Waals surface area contributed by atoms with Crippen molar-refractivity contribution < 1.29 is 0 Å². The summed E-state index contributed by atoms with van der Waals surface area (Å²) in [7, 11) is 4.07. The van der Waals surface area contributed by atoms with Crippen LogP contribution < -0.4 is 4.90 Å². The number of pyridine rings is 1. The first kappa shape index (κ1) is 15.6. The average molecular weight is 323 g/mol. The number of aromatic nitrogens is 1. The molecule has 23 heavy (non-hydrogen) atoms. The summed E-state index contributed by atoms with van der Waals surface area (Å²) in [5.74, 6) is 0. The SMILES string of the molecule is Cc1c(Cl)c(C=Cc2ccc(N(C)C)cc2)nc2ccccc12. The van der Waals surface area contributed by atoms with Crippen molar-refractivity contribution in [2.75, 3.05) is 19.0 Å². The number of anilines is 1. The van der Waals surface area contributed by atoms with E-state index in [1.807, 2.05) is 51.4 Å². The number of nitrogens with zero attached hydrogens (tertiary/aromatic N) is 2. The quantitative estimate of drug-likeness (QED) is 0.639. The Balaban J connectivity index is 1.96. The van der Waals surface area contributed by atoms with E-state index in [2.05, 4.69) is 40.2 Å². The minimum atomic E-state index is 0.713. The van der Waals surface area contributed by atoms with Crippen LogP contribution in [0.25, 0.3) is 23.1 Å². The molecule has 0 atom stereocenters. The van der Waals surface area contributed by atoms with Crippen molar-refractivity contribution >= 4 is 40.3 Å². The van der Waals surface area contributed by atoms with Crippen molar-refractivity contribution in [2.45, 2.75) is 6.92 Å². The Kier molecular flexibility index (Phi) is 4.35. The van der Waals surface area contributed by atoms with Gasteiger partial charge in [0.25, 0.3) is 0 Å². The highest BCUT2D eigenvalue weighted by atomic mass is 35.5. The lowest BCUT2D eigenvalue weighted by Crippen LogP contribution is -2.07. The zero-order valence-corrected chi connectivity index (χ0v) is 14.3. The molecule has 0 unspecified atom stereocenters. The first-order valence-corrected chi connectivity index (χ1v) is 7.94. The third kappa shape index (κ3) is 3.22. The Morgan fingerprint density at radius 1 is 0.957 bits per heavy atom. The number of halogens is 1. The second-order valence-corrected chi connectivity index (χ2v) is 6.15. The molecule has 3 aromatic rings. The van der Waals surface area contributed by atoms with Gasteiger partial charge in [-0.2, -0.15) is 0 Å². The molecule has 0 bridgehead atoms. The van der Waals surface area contributed by atoms with Crippen LogP contribution in [0.4, 0.5) is 5.69 Å². The molecule has 116 valence electrons. The molecule has 0 saturated carbocycles. The lowest BCUT2D eigenvalue weighted by molar-refractivity contribution is 1.13. The van der Waals surface area contributed by atoms with E-state index in [1.165, 1.54) is 5.69 Å². The van der Waals surface area contributed by atoms with Crippen LogP contribution in [-0.2, 0) is 0 Å². The van der Waals surface area contributed by atoms with E-state index in [0.717, 1.165) is 27.7 Å². The van der Waals surface area contributed by atoms with Gasteiger partial charge in [0.15, 0.2) is 0 Å². The molecule has 0 N–H and O–H groups in total. The molecule has 0 aliphatic carbocycles. The van der Waals surface area contributed by atoms with Crippen LogP contribution in [0.2, 0.25) is 5.02 Å². The zero-order valence-electron chi connectivity index (χ0n) is 13.5. The topological polar surface area (TPSA) is 16.1 Å². The van der Waals surface area contributed by atoms with E-state index in [4.69, 9.17) is 11.6 Å². The first-order valence-electron chi connectivity index (χ1n) is 7.56. The normalized spacial score (nSPS) is 11.3. The van der Waals surface area contributed by atoms with Gasteiger partial charge in [-0.15, -0.1) is 0 Å². The predicted octanol–water partition coefficient (Wildman–Crippen LogP) is 5.43. The van der Waals surface area contributed by atoms with Gasteiger partial charge in [-0.05, 0) is 42.3 Å². The maximum Gasteiger partial charge on any atom is 0.0826 e. The van der Waals surface area contributed by atoms with Gasteiger partial charge < -0.3 is 4.90 Å². The van der Waals surface area contributed by atoms with Crippen molar-refractivity contribution in [1.82, 2.24) is 4.98 Å². The van der Waals surface area contributed by atoms with E-state index < -0.39 is 0 Å². The fraction of sp³-hybridized carbons (Fsp3) is 0.150. The monoisotopic (exact) mass is 322 g/mol. The van der Waals surface area contributed by atoms with E-state index in [0.29, 0.717) is 5.02 Å². The summed E-state index contributed by atoms with van der Waals surface area (Å²) < 4.78 is 0. The van der Waals surface area contributed by atoms with Crippen LogP contribution >= 0.6 is 11.6 Å². The number of hydrogen-bond donors (Lipinski definition) is 0. The van der Waals surface area contributed by atoms with Crippen molar-refractivity contribution in [3.8, 4) is 0 Å². The Morgan fingerprint density at radius 2 is 1.65 bits per heavy atom. The van der Waals surface area contributed by atoms with E-state index in [9.17, 15) is 0 Å². The Labute approximate surface area is 142 Å². The van der Waals surface area contributed by atoms with E-state index >= 15 is 0 Å². The number of benzene rings is 2. The van der Waals surface area contributed by atoms with Crippen molar-refractivity contribution in [2.24, 2.45) is 0 Å². The molecule has 0 aliphatic rings. The lowest BCUT2D eigenvalue weighted by Gasteiger charge is -2.11. The van der Waals surface area contributed by atoms with Crippen molar-refractivity contribution in [3.05, 3.63) is 70.4 Å². The van der Waals surface area contributed by atoms with Crippen LogP contribution in [-0.4, -0.2) is 19.1 Å². The largest absolute Gasteiger partial charge is 0.378 e. The molecule has 3 heteroatoms. The summed E-state index contributed by atoms with van der Waals surface area (Å²) in [6.45, 7) is 2.04. The highest BCUT2D eigenvalue weighted by Crippen LogP contribution is 2.28. The maximum absolute atomic E-state index is 6.48. The molecule has 0 saturated heterocycles. The molecule has 1 heterocycles. The van der Waals surface area contributed by atoms with Crippen LogP contribution in [0.3, 0.4) is 0 Å². The van der Waals surface area contributed by atoms with Gasteiger partial charge in [0.1, 0.15) is 0 Å². The Bertz CT molecular complexity index is 865. The molecule has 0 fully saturated rings. The fourth-order valence-electron chi connectivity index (χ4n) is 2.55. The number of para-hydroxylation sites is 1. The van der Waals surface area contributed by atoms with Gasteiger partial charge in [0, 0.05) is 25.2 Å². The van der Waals surface area contributed by atoms with Crippen molar-refractivity contribution in [1.29, 1.82) is 0 Å². The van der Waals surface area contributed by atoms with E-state index in [1.54, 1.807) is 0 Å². The molecular weight excluding hydrogens is 304 g/mol. The minimum Gasteiger partial charge on any atom is -0.378 e. The zero-order chi connectivity index (χ0) is 16.4. The molecule has 0 spiro atoms. The van der Waals surface area contributed by atoms with Crippen LogP contribution in [0.1, 0.15) is 16.8 Å². The molecule has 2 aromatic carbocycles. The maximum atomic E-state index is 6.48. The minimum absolute atomic E-state index is 0.713. The van der Waals surface area contributed by atoms with Gasteiger partial charge in [-0.3, -0.25) is 0 Å². The summed E-state index contributed by atoms with van der Waals surface area (Å²) in [5, 5.41) is 1.81. The van der Waals surface area contributed by atoms with Crippen molar-refractivity contribution in [3.63, 3.8) is 0 Å². The number of hydrogen-bond acceptors (Lipinski definition) is 2. The predicted molar refractivity (Wildman–Crippen MR) is 101 cm³/mol. The molecule has 3 rings (SSSR count). The standard InChI is InChI=1S/C20H19ClN2/c1-14-17-6-4-5-7-18(17)22-19(20(14)21)13-10-15-8-11-16(12-9-15)23(2)3/h4-13H,1-3H3. The van der Waals surface area contributed by atoms with Gasteiger partial charge in [0.05, 0.1) is 16.2 Å². The summed E-state index contributed by atoms with van der Waals surface area (Å²) in [6.07, 6.45) is 4.02. The molecular formula is C20H19ClN2. The third-order valence-corrected chi connectivity index (χ3v) is 4.42. The molecule has 2 nitrogen and oxygen atoms in total. The summed E-state index contributed by atoms with van der Waals surface area (Å²) in [4.78, 5) is 6.75. The summed E-state index contributed by atoms with van der Waals surface area (Å²) >= 11 is 6.48. The number of aryl methyl sites for hydroxylation is 1. The van der Waals surface area contributed by atoms with Crippen LogP contribution in [0.15, 0.2) is 48.5 Å².